The lowest BCUT2D eigenvalue weighted by Gasteiger charge is -2.19. The van der Waals surface area contributed by atoms with Crippen molar-refractivity contribution >= 4 is 5.97 Å². The van der Waals surface area contributed by atoms with E-state index < -0.39 is 5.60 Å². The van der Waals surface area contributed by atoms with E-state index in [1.54, 1.807) is 18.3 Å². The molecule has 0 spiro atoms. The van der Waals surface area contributed by atoms with Gasteiger partial charge in [0.25, 0.3) is 0 Å². The van der Waals surface area contributed by atoms with Crippen LogP contribution in [0.1, 0.15) is 32.0 Å². The minimum absolute atomic E-state index is 0.0517. The van der Waals surface area contributed by atoms with E-state index >= 15 is 0 Å². The van der Waals surface area contributed by atoms with Crippen molar-refractivity contribution < 1.29 is 14.6 Å². The van der Waals surface area contributed by atoms with Gasteiger partial charge in [0.1, 0.15) is 5.60 Å². The van der Waals surface area contributed by atoms with Crippen molar-refractivity contribution in [3.8, 4) is 0 Å². The van der Waals surface area contributed by atoms with Gasteiger partial charge in [-0.3, -0.25) is 9.78 Å². The van der Waals surface area contributed by atoms with Gasteiger partial charge in [-0.25, -0.2) is 0 Å². The Hall–Kier alpha value is -1.42. The molecular formula is C12H17NO3. The highest BCUT2D eigenvalue weighted by atomic mass is 16.6. The number of hydrogen-bond acceptors (Lipinski definition) is 4. The lowest BCUT2D eigenvalue weighted by Crippen LogP contribution is -2.25. The second-order valence-electron chi connectivity index (χ2n) is 4.58. The molecule has 0 atom stereocenters. The van der Waals surface area contributed by atoms with Gasteiger partial charge >= 0.3 is 5.97 Å². The number of hydrogen-bond donors (Lipinski definition) is 1. The molecule has 1 aromatic heterocycles. The van der Waals surface area contributed by atoms with Crippen LogP contribution in [0, 0.1) is 0 Å². The molecule has 88 valence electrons. The molecule has 0 saturated heterocycles. The zero-order chi connectivity index (χ0) is 12.2. The second kappa shape index (κ2) is 5.07. The predicted octanol–water partition coefficient (Wildman–Crippen LogP) is 1.46. The molecule has 0 amide bonds. The molecule has 1 aromatic rings. The topological polar surface area (TPSA) is 59.4 Å². The van der Waals surface area contributed by atoms with Gasteiger partial charge < -0.3 is 9.84 Å². The van der Waals surface area contributed by atoms with Crippen molar-refractivity contribution in [3.63, 3.8) is 0 Å². The van der Waals surface area contributed by atoms with Crippen LogP contribution in [0.5, 0.6) is 0 Å². The van der Waals surface area contributed by atoms with E-state index in [-0.39, 0.29) is 19.0 Å². The molecular weight excluding hydrogens is 206 g/mol. The fraction of sp³-hybridized carbons (Fsp3) is 0.500. The summed E-state index contributed by atoms with van der Waals surface area (Å²) >= 11 is 0. The van der Waals surface area contributed by atoms with Crippen molar-refractivity contribution in [1.29, 1.82) is 0 Å². The molecule has 0 aliphatic rings. The third-order valence-corrected chi connectivity index (χ3v) is 1.81. The van der Waals surface area contributed by atoms with Gasteiger partial charge in [-0.2, -0.15) is 0 Å². The summed E-state index contributed by atoms with van der Waals surface area (Å²) in [5.41, 5.74) is 0.875. The largest absolute Gasteiger partial charge is 0.460 e. The Morgan fingerprint density at radius 2 is 2.19 bits per heavy atom. The summed E-state index contributed by atoms with van der Waals surface area (Å²) in [6.45, 7) is 5.41. The van der Waals surface area contributed by atoms with Crippen LogP contribution < -0.4 is 0 Å². The Balaban J connectivity index is 2.62. The number of aliphatic hydroxyl groups excluding tert-OH is 1. The number of nitrogens with zero attached hydrogens (tertiary/aromatic N) is 1. The van der Waals surface area contributed by atoms with Gasteiger partial charge in [0.15, 0.2) is 0 Å². The molecule has 4 heteroatoms. The maximum Gasteiger partial charge on any atom is 0.312 e. The molecule has 0 bridgehead atoms. The lowest BCUT2D eigenvalue weighted by molar-refractivity contribution is -0.153. The standard InChI is InChI=1S/C12H17NO3/c1-12(2,3)16-11(15)7-10-6-9(8-14)4-5-13-10/h4-6,14H,7-8H2,1-3H3. The predicted molar refractivity (Wildman–Crippen MR) is 59.7 cm³/mol. The highest BCUT2D eigenvalue weighted by Crippen LogP contribution is 2.09. The molecule has 1 rings (SSSR count). The monoisotopic (exact) mass is 223 g/mol. The van der Waals surface area contributed by atoms with E-state index in [9.17, 15) is 4.79 Å². The molecule has 0 unspecified atom stereocenters. The number of carbonyl (C=O) groups excluding carboxylic acids is 1. The summed E-state index contributed by atoms with van der Waals surface area (Å²) in [6.07, 6.45) is 1.70. The first-order valence-electron chi connectivity index (χ1n) is 5.17. The highest BCUT2D eigenvalue weighted by molar-refractivity contribution is 5.72. The van der Waals surface area contributed by atoms with Crippen molar-refractivity contribution in [2.75, 3.05) is 0 Å². The van der Waals surface area contributed by atoms with Crippen LogP contribution in [0.2, 0.25) is 0 Å². The van der Waals surface area contributed by atoms with Gasteiger partial charge in [-0.15, -0.1) is 0 Å². The lowest BCUT2D eigenvalue weighted by atomic mass is 10.2. The molecule has 4 nitrogen and oxygen atoms in total. The van der Waals surface area contributed by atoms with Gasteiger partial charge in [0, 0.05) is 6.20 Å². The third kappa shape index (κ3) is 4.40. The maximum absolute atomic E-state index is 11.5. The van der Waals surface area contributed by atoms with Crippen molar-refractivity contribution in [2.24, 2.45) is 0 Å². The smallest absolute Gasteiger partial charge is 0.312 e. The van der Waals surface area contributed by atoms with E-state index in [1.807, 2.05) is 20.8 Å². The summed E-state index contributed by atoms with van der Waals surface area (Å²) in [6, 6.07) is 3.41. The first-order chi connectivity index (χ1) is 7.40. The number of pyridine rings is 1. The number of carbonyl (C=O) groups is 1. The Morgan fingerprint density at radius 3 is 2.75 bits per heavy atom. The zero-order valence-electron chi connectivity index (χ0n) is 9.86. The molecule has 0 aliphatic carbocycles. The average Bonchev–Trinajstić information content (AvgIpc) is 2.15. The van der Waals surface area contributed by atoms with E-state index in [0.717, 1.165) is 5.56 Å². The number of rotatable bonds is 3. The minimum atomic E-state index is -0.480. The summed E-state index contributed by atoms with van der Waals surface area (Å²) in [7, 11) is 0. The quantitative estimate of drug-likeness (QED) is 0.788. The van der Waals surface area contributed by atoms with Gasteiger partial charge in [-0.1, -0.05) is 0 Å². The number of ether oxygens (including phenoxy) is 1. The Kier molecular flexibility index (Phi) is 4.01. The Morgan fingerprint density at radius 1 is 1.50 bits per heavy atom. The van der Waals surface area contributed by atoms with E-state index in [0.29, 0.717) is 5.69 Å². The zero-order valence-corrected chi connectivity index (χ0v) is 9.86. The fourth-order valence-electron chi connectivity index (χ4n) is 1.25. The van der Waals surface area contributed by atoms with Gasteiger partial charge in [0.2, 0.25) is 0 Å². The van der Waals surface area contributed by atoms with Crippen LogP contribution in [-0.2, 0) is 22.6 Å². The molecule has 1 N–H and O–H groups in total. The first-order valence-corrected chi connectivity index (χ1v) is 5.17. The van der Waals surface area contributed by atoms with Crippen LogP contribution in [0.3, 0.4) is 0 Å². The molecule has 0 saturated carbocycles. The minimum Gasteiger partial charge on any atom is -0.460 e. The maximum atomic E-state index is 11.5. The molecule has 0 radical (unpaired) electrons. The number of aliphatic hydroxyl groups is 1. The molecule has 0 fully saturated rings. The van der Waals surface area contributed by atoms with E-state index in [2.05, 4.69) is 4.98 Å². The van der Waals surface area contributed by atoms with Crippen molar-refractivity contribution in [1.82, 2.24) is 4.98 Å². The van der Waals surface area contributed by atoms with Crippen LogP contribution in [0.25, 0.3) is 0 Å². The van der Waals surface area contributed by atoms with Crippen LogP contribution in [0.4, 0.5) is 0 Å². The number of aromatic nitrogens is 1. The molecule has 16 heavy (non-hydrogen) atoms. The van der Waals surface area contributed by atoms with Crippen molar-refractivity contribution in [2.45, 2.75) is 39.4 Å². The molecule has 1 heterocycles. The second-order valence-corrected chi connectivity index (χ2v) is 4.58. The third-order valence-electron chi connectivity index (χ3n) is 1.81. The fourth-order valence-corrected chi connectivity index (χ4v) is 1.25. The number of esters is 1. The average molecular weight is 223 g/mol. The molecule has 0 aliphatic heterocycles. The SMILES string of the molecule is CC(C)(C)OC(=O)Cc1cc(CO)ccn1. The van der Waals surface area contributed by atoms with Gasteiger partial charge in [-0.05, 0) is 38.5 Å². The van der Waals surface area contributed by atoms with Crippen LogP contribution in [0.15, 0.2) is 18.3 Å². The first kappa shape index (κ1) is 12.6. The summed E-state index contributed by atoms with van der Waals surface area (Å²) in [5, 5.41) is 8.94. The normalized spacial score (nSPS) is 11.2. The highest BCUT2D eigenvalue weighted by Gasteiger charge is 2.16. The van der Waals surface area contributed by atoms with Gasteiger partial charge in [0.05, 0.1) is 18.7 Å². The van der Waals surface area contributed by atoms with E-state index in [4.69, 9.17) is 9.84 Å². The Labute approximate surface area is 95.3 Å². The summed E-state index contributed by atoms with van der Waals surface area (Å²) in [5.74, 6) is -0.310. The summed E-state index contributed by atoms with van der Waals surface area (Å²) in [4.78, 5) is 15.5. The Bertz CT molecular complexity index is 369. The van der Waals surface area contributed by atoms with Crippen LogP contribution >= 0.6 is 0 Å². The van der Waals surface area contributed by atoms with Crippen molar-refractivity contribution in [3.05, 3.63) is 29.6 Å². The van der Waals surface area contributed by atoms with E-state index in [1.165, 1.54) is 0 Å². The summed E-state index contributed by atoms with van der Waals surface area (Å²) < 4.78 is 5.17. The molecule has 0 aromatic carbocycles. The van der Waals surface area contributed by atoms with Crippen LogP contribution in [-0.4, -0.2) is 21.7 Å².